The van der Waals surface area contributed by atoms with Gasteiger partial charge in [0.05, 0.1) is 5.39 Å². The van der Waals surface area contributed by atoms with Crippen LogP contribution in [0.4, 0.5) is 17.3 Å². The summed E-state index contributed by atoms with van der Waals surface area (Å²) in [6.45, 7) is 18.2. The Morgan fingerprint density at radius 1 is 0.927 bits per heavy atom. The Kier molecular flexibility index (Phi) is 8.31. The molecule has 3 heterocycles. The van der Waals surface area contributed by atoms with Crippen LogP contribution in [0.25, 0.3) is 11.0 Å². The number of aromatic nitrogens is 3. The number of pyridine rings is 1. The van der Waals surface area contributed by atoms with Gasteiger partial charge < -0.3 is 15.1 Å². The van der Waals surface area contributed by atoms with Gasteiger partial charge in [-0.2, -0.15) is 4.98 Å². The first-order valence-corrected chi connectivity index (χ1v) is 17.5. The van der Waals surface area contributed by atoms with Crippen molar-refractivity contribution in [2.24, 2.45) is 7.05 Å². The van der Waals surface area contributed by atoms with Crippen molar-refractivity contribution in [3.8, 4) is 11.5 Å². The van der Waals surface area contributed by atoms with Crippen LogP contribution in [0.5, 0.6) is 0 Å². The van der Waals surface area contributed by atoms with E-state index in [1.165, 1.54) is 5.69 Å². The van der Waals surface area contributed by atoms with Crippen molar-refractivity contribution in [1.82, 2.24) is 19.4 Å². The molecule has 7 nitrogen and oxygen atoms in total. The van der Waals surface area contributed by atoms with Crippen molar-refractivity contribution in [2.45, 2.75) is 76.9 Å². The molecule has 1 N–H and O–H groups in total. The zero-order chi connectivity index (χ0) is 29.5. The Morgan fingerprint density at radius 3 is 2.10 bits per heavy atom. The van der Waals surface area contributed by atoms with Crippen LogP contribution in [0, 0.1) is 11.5 Å². The standard InChI is InChI=1S/C33H46N6OSi/c1-22(2)41(23(3)4,24(5)6)20-15-28-29-21-34-33(36-31(29)38(8)32(40)30(28)25-9-10-25)35-26-11-13-27(14-12-26)39-18-16-37(7)17-19-39/h11-14,21-25H,9-10,16-19H2,1-8H3,(H,34,35,36). The molecule has 41 heavy (non-hydrogen) atoms. The Morgan fingerprint density at radius 2 is 1.54 bits per heavy atom. The Bertz CT molecular complexity index is 1500. The number of nitrogens with zero attached hydrogens (tertiary/aromatic N) is 5. The second-order valence-corrected chi connectivity index (χ2v) is 18.5. The number of nitrogens with one attached hydrogen (secondary N) is 1. The third-order valence-electron chi connectivity index (χ3n) is 9.41. The number of rotatable bonds is 7. The molecular formula is C33H46N6OSi. The summed E-state index contributed by atoms with van der Waals surface area (Å²) >= 11 is 0. The average molecular weight is 571 g/mol. The fraction of sp³-hybridized carbons (Fsp3) is 0.545. The number of fused-ring (bicyclic) bond motifs is 1. The van der Waals surface area contributed by atoms with Crippen LogP contribution in [-0.4, -0.2) is 60.7 Å². The van der Waals surface area contributed by atoms with Crippen molar-refractivity contribution < 1.29 is 0 Å². The van der Waals surface area contributed by atoms with Crippen molar-refractivity contribution >= 4 is 36.4 Å². The van der Waals surface area contributed by atoms with E-state index >= 15 is 0 Å². The number of hydrogen-bond acceptors (Lipinski definition) is 6. The van der Waals surface area contributed by atoms with Crippen LogP contribution in [0.3, 0.4) is 0 Å². The Hall–Kier alpha value is -3.15. The van der Waals surface area contributed by atoms with E-state index in [-0.39, 0.29) is 11.5 Å². The van der Waals surface area contributed by atoms with E-state index in [9.17, 15) is 4.79 Å². The quantitative estimate of drug-likeness (QED) is 0.267. The molecule has 218 valence electrons. The molecule has 0 amide bonds. The molecule has 1 aromatic carbocycles. The van der Waals surface area contributed by atoms with Gasteiger partial charge >= 0.3 is 0 Å². The van der Waals surface area contributed by atoms with Crippen molar-refractivity contribution in [3.63, 3.8) is 0 Å². The molecular weight excluding hydrogens is 524 g/mol. The predicted molar refractivity (Wildman–Crippen MR) is 174 cm³/mol. The highest BCUT2D eigenvalue weighted by molar-refractivity contribution is 6.90. The van der Waals surface area contributed by atoms with Gasteiger partial charge in [-0.15, -0.1) is 5.54 Å². The minimum atomic E-state index is -1.98. The van der Waals surface area contributed by atoms with E-state index in [0.717, 1.165) is 61.2 Å². The number of hydrogen-bond donors (Lipinski definition) is 1. The van der Waals surface area contributed by atoms with Crippen LogP contribution < -0.4 is 15.8 Å². The molecule has 3 aromatic rings. The van der Waals surface area contributed by atoms with E-state index in [2.05, 4.69) is 99.4 Å². The van der Waals surface area contributed by atoms with Gasteiger partial charge in [-0.1, -0.05) is 47.5 Å². The highest BCUT2D eigenvalue weighted by Crippen LogP contribution is 2.43. The molecule has 1 saturated carbocycles. The number of piperazine rings is 1. The van der Waals surface area contributed by atoms with Gasteiger partial charge in [0.25, 0.3) is 5.56 Å². The number of likely N-dealkylation sites (N-methyl/N-ethyl adjacent to an activating group) is 1. The topological polar surface area (TPSA) is 66.3 Å². The molecule has 1 saturated heterocycles. The highest BCUT2D eigenvalue weighted by Gasteiger charge is 2.42. The van der Waals surface area contributed by atoms with E-state index in [1.807, 2.05) is 13.2 Å². The number of aryl methyl sites for hydroxylation is 1. The van der Waals surface area contributed by atoms with Crippen LogP contribution >= 0.6 is 0 Å². The van der Waals surface area contributed by atoms with Crippen molar-refractivity contribution in [2.75, 3.05) is 43.4 Å². The van der Waals surface area contributed by atoms with Gasteiger partial charge in [-0.25, -0.2) is 4.98 Å². The van der Waals surface area contributed by atoms with Crippen LogP contribution in [0.2, 0.25) is 16.6 Å². The van der Waals surface area contributed by atoms with Gasteiger partial charge in [0, 0.05) is 61.9 Å². The smallest absolute Gasteiger partial charge is 0.256 e. The molecule has 0 bridgehead atoms. The average Bonchev–Trinajstić information content (AvgIpc) is 3.77. The summed E-state index contributed by atoms with van der Waals surface area (Å²) in [5.41, 5.74) is 9.93. The van der Waals surface area contributed by atoms with Gasteiger partial charge in [-0.05, 0) is 66.7 Å². The molecule has 1 aliphatic carbocycles. The predicted octanol–water partition coefficient (Wildman–Crippen LogP) is 6.27. The zero-order valence-corrected chi connectivity index (χ0v) is 27.1. The fourth-order valence-electron chi connectivity index (χ4n) is 6.83. The lowest BCUT2D eigenvalue weighted by molar-refractivity contribution is 0.313. The maximum Gasteiger partial charge on any atom is 0.256 e. The summed E-state index contributed by atoms with van der Waals surface area (Å²) in [6.07, 6.45) is 3.95. The lowest BCUT2D eigenvalue weighted by Crippen LogP contribution is -2.44. The molecule has 0 radical (unpaired) electrons. The summed E-state index contributed by atoms with van der Waals surface area (Å²) < 4.78 is 1.69. The van der Waals surface area contributed by atoms with E-state index < -0.39 is 8.07 Å². The van der Waals surface area contributed by atoms with Crippen molar-refractivity contribution in [1.29, 1.82) is 0 Å². The second kappa shape index (κ2) is 11.6. The molecule has 2 aliphatic rings. The fourth-order valence-corrected chi connectivity index (χ4v) is 12.0. The Labute approximate surface area is 246 Å². The number of benzene rings is 1. The van der Waals surface area contributed by atoms with Crippen LogP contribution in [0.1, 0.15) is 71.4 Å². The summed E-state index contributed by atoms with van der Waals surface area (Å²) in [4.78, 5) is 28.1. The molecule has 8 heteroatoms. The van der Waals surface area contributed by atoms with Gasteiger partial charge in [-0.3, -0.25) is 9.36 Å². The van der Waals surface area contributed by atoms with E-state index in [1.54, 1.807) is 4.57 Å². The van der Waals surface area contributed by atoms with Crippen LogP contribution in [-0.2, 0) is 7.05 Å². The molecule has 2 fully saturated rings. The van der Waals surface area contributed by atoms with Gasteiger partial charge in [0.15, 0.2) is 0 Å². The first-order valence-electron chi connectivity index (χ1n) is 15.3. The van der Waals surface area contributed by atoms with Gasteiger partial charge in [0.2, 0.25) is 5.95 Å². The minimum absolute atomic E-state index is 0.0244. The third-order valence-corrected chi connectivity index (χ3v) is 15.7. The molecule has 0 spiro atoms. The maximum absolute atomic E-state index is 13.7. The van der Waals surface area contributed by atoms with Crippen molar-refractivity contribution in [3.05, 3.63) is 51.9 Å². The SMILES string of the molecule is CC(C)[Si](C#Cc1c(C2CC2)c(=O)n(C)c2nc(Nc3ccc(N4CCN(C)CC4)cc3)ncc12)(C(C)C)C(C)C. The lowest BCUT2D eigenvalue weighted by atomic mass is 10.0. The zero-order valence-electron chi connectivity index (χ0n) is 26.1. The largest absolute Gasteiger partial charge is 0.369 e. The molecule has 1 aliphatic heterocycles. The van der Waals surface area contributed by atoms with Crippen LogP contribution in [0.15, 0.2) is 35.3 Å². The van der Waals surface area contributed by atoms with Gasteiger partial charge in [0.1, 0.15) is 13.7 Å². The molecule has 5 rings (SSSR count). The highest BCUT2D eigenvalue weighted by atomic mass is 28.3. The lowest BCUT2D eigenvalue weighted by Gasteiger charge is -2.38. The normalized spacial score (nSPS) is 16.5. The molecule has 0 atom stereocenters. The third kappa shape index (κ3) is 5.67. The molecule has 2 aromatic heterocycles. The number of anilines is 3. The minimum Gasteiger partial charge on any atom is -0.369 e. The summed E-state index contributed by atoms with van der Waals surface area (Å²) in [6, 6.07) is 8.44. The second-order valence-electron chi connectivity index (χ2n) is 13.0. The maximum atomic E-state index is 13.7. The summed E-state index contributed by atoms with van der Waals surface area (Å²) in [5.74, 6) is 4.39. The Balaban J connectivity index is 1.52. The summed E-state index contributed by atoms with van der Waals surface area (Å²) in [7, 11) is 2.02. The summed E-state index contributed by atoms with van der Waals surface area (Å²) in [5, 5.41) is 4.23. The first-order chi connectivity index (χ1) is 19.5. The molecule has 0 unspecified atom stereocenters. The van der Waals surface area contributed by atoms with E-state index in [4.69, 9.17) is 9.97 Å². The van der Waals surface area contributed by atoms with E-state index in [0.29, 0.717) is 28.2 Å². The monoisotopic (exact) mass is 570 g/mol. The first kappa shape index (κ1) is 29.3.